The second-order valence-corrected chi connectivity index (χ2v) is 7.57. The smallest absolute Gasteiger partial charge is 0.357 e. The molecule has 32 heavy (non-hydrogen) atoms. The molecule has 0 saturated heterocycles. The van der Waals surface area contributed by atoms with Crippen LogP contribution in [0.1, 0.15) is 5.56 Å². The number of phenolic OH excluding ortho intramolecular Hbond substituents is 1. The first-order valence-corrected chi connectivity index (χ1v) is 9.92. The summed E-state index contributed by atoms with van der Waals surface area (Å²) < 4.78 is 2.56. The molecular formula is C24H13ClN4O3. The molecule has 0 amide bonds. The van der Waals surface area contributed by atoms with Crippen LogP contribution in [0, 0.1) is 11.3 Å². The largest absolute Gasteiger partial charge is 0.508 e. The van der Waals surface area contributed by atoms with Gasteiger partial charge in [0.2, 0.25) is 0 Å². The van der Waals surface area contributed by atoms with Gasteiger partial charge in [0.15, 0.2) is 5.82 Å². The fourth-order valence-corrected chi connectivity index (χ4v) is 3.92. The fraction of sp³-hybridized carbons (Fsp3) is 0. The van der Waals surface area contributed by atoms with Crippen molar-refractivity contribution in [2.75, 3.05) is 0 Å². The average molecular weight is 441 g/mol. The number of pyridine rings is 1. The monoisotopic (exact) mass is 440 g/mol. The summed E-state index contributed by atoms with van der Waals surface area (Å²) in [6.07, 6.45) is 0. The van der Waals surface area contributed by atoms with Crippen LogP contribution >= 0.6 is 11.6 Å². The summed E-state index contributed by atoms with van der Waals surface area (Å²) in [7, 11) is 0. The van der Waals surface area contributed by atoms with Gasteiger partial charge in [-0.15, -0.1) is 0 Å². The van der Waals surface area contributed by atoms with Crippen molar-refractivity contribution < 1.29 is 5.11 Å². The molecular weight excluding hydrogens is 428 g/mol. The predicted molar refractivity (Wildman–Crippen MR) is 121 cm³/mol. The number of hydrogen-bond donors (Lipinski definition) is 1. The Bertz CT molecular complexity index is 1660. The van der Waals surface area contributed by atoms with E-state index in [1.807, 2.05) is 0 Å². The second-order valence-electron chi connectivity index (χ2n) is 7.14. The van der Waals surface area contributed by atoms with Gasteiger partial charge in [-0.05, 0) is 53.9 Å². The molecule has 0 aliphatic carbocycles. The van der Waals surface area contributed by atoms with Crippen molar-refractivity contribution in [3.8, 4) is 34.6 Å². The van der Waals surface area contributed by atoms with Crippen LogP contribution < -0.4 is 11.2 Å². The van der Waals surface area contributed by atoms with Gasteiger partial charge < -0.3 is 5.11 Å². The summed E-state index contributed by atoms with van der Waals surface area (Å²) in [6.45, 7) is 0. The molecule has 2 heterocycles. The molecule has 3 aromatic carbocycles. The van der Waals surface area contributed by atoms with E-state index < -0.39 is 11.2 Å². The highest BCUT2D eigenvalue weighted by molar-refractivity contribution is 6.30. The molecule has 0 bridgehead atoms. The molecule has 5 rings (SSSR count). The molecule has 0 spiro atoms. The van der Waals surface area contributed by atoms with Gasteiger partial charge in [-0.3, -0.25) is 9.36 Å². The van der Waals surface area contributed by atoms with E-state index in [4.69, 9.17) is 11.6 Å². The van der Waals surface area contributed by atoms with Gasteiger partial charge in [0.05, 0.1) is 34.1 Å². The molecule has 0 unspecified atom stereocenters. The first-order chi connectivity index (χ1) is 15.5. The zero-order valence-corrected chi connectivity index (χ0v) is 17.1. The lowest BCUT2D eigenvalue weighted by atomic mass is 10.1. The van der Waals surface area contributed by atoms with Gasteiger partial charge in [0, 0.05) is 11.1 Å². The number of nitriles is 1. The summed E-state index contributed by atoms with van der Waals surface area (Å²) in [6, 6.07) is 21.5. The zero-order valence-electron chi connectivity index (χ0n) is 16.4. The minimum absolute atomic E-state index is 0.00575. The van der Waals surface area contributed by atoms with E-state index in [0.29, 0.717) is 32.9 Å². The average Bonchev–Trinajstić information content (AvgIpc) is 2.77. The summed E-state index contributed by atoms with van der Waals surface area (Å²) in [4.78, 5) is 30.6. The topological polar surface area (TPSA) is 101 Å². The highest BCUT2D eigenvalue weighted by Crippen LogP contribution is 2.30. The standard InChI is InChI=1S/C24H13ClN4O3/c25-16-3-1-4-17(11-16)29-23(31)20-10-15-8-7-14(13-26)9-21(15)28(22(20)27-24(29)32)18-5-2-6-19(30)12-18/h1-12,30H. The van der Waals surface area contributed by atoms with Crippen LogP contribution in [0.15, 0.2) is 82.4 Å². The Balaban J connectivity index is 1.96. The Morgan fingerprint density at radius 1 is 0.906 bits per heavy atom. The molecule has 1 N–H and O–H groups in total. The van der Waals surface area contributed by atoms with Gasteiger partial charge in [-0.1, -0.05) is 29.8 Å². The number of hydrogen-bond acceptors (Lipinski definition) is 5. The Kier molecular flexibility index (Phi) is 4.51. The number of halogens is 1. The lowest BCUT2D eigenvalue weighted by molar-refractivity contribution is 0.475. The van der Waals surface area contributed by atoms with Gasteiger partial charge in [0.25, 0.3) is 5.56 Å². The van der Waals surface area contributed by atoms with Crippen LogP contribution in [0.2, 0.25) is 5.02 Å². The van der Waals surface area contributed by atoms with Crippen molar-refractivity contribution in [1.82, 2.24) is 14.1 Å². The Morgan fingerprint density at radius 2 is 1.66 bits per heavy atom. The van der Waals surface area contributed by atoms with Gasteiger partial charge >= 0.3 is 5.69 Å². The first kappa shape index (κ1) is 19.5. The summed E-state index contributed by atoms with van der Waals surface area (Å²) in [5, 5.41) is 20.4. The highest BCUT2D eigenvalue weighted by atomic mass is 35.5. The lowest BCUT2D eigenvalue weighted by Gasteiger charge is -2.19. The van der Waals surface area contributed by atoms with E-state index in [1.165, 1.54) is 18.2 Å². The fourth-order valence-electron chi connectivity index (χ4n) is 3.74. The third-order valence-electron chi connectivity index (χ3n) is 5.13. The maximum absolute atomic E-state index is 13.4. The molecule has 0 aromatic heterocycles. The van der Waals surface area contributed by atoms with E-state index in [9.17, 15) is 20.0 Å². The number of fused-ring (bicyclic) bond motifs is 2. The molecule has 7 nitrogen and oxygen atoms in total. The number of rotatable bonds is 2. The lowest BCUT2D eigenvalue weighted by Crippen LogP contribution is -2.36. The van der Waals surface area contributed by atoms with Crippen molar-refractivity contribution in [3.63, 3.8) is 0 Å². The Hall–Kier alpha value is -4.41. The molecule has 0 fully saturated rings. The Morgan fingerprint density at radius 3 is 2.38 bits per heavy atom. The predicted octanol–water partition coefficient (Wildman–Crippen LogP) is 3.87. The normalized spacial score (nSPS) is 11.0. The molecule has 2 aliphatic heterocycles. The van der Waals surface area contributed by atoms with Crippen LogP contribution in [0.5, 0.6) is 5.75 Å². The van der Waals surface area contributed by atoms with Crippen LogP contribution in [0.25, 0.3) is 33.7 Å². The molecule has 0 saturated carbocycles. The van der Waals surface area contributed by atoms with E-state index in [0.717, 1.165) is 4.57 Å². The van der Waals surface area contributed by atoms with E-state index >= 15 is 0 Å². The van der Waals surface area contributed by atoms with E-state index in [-0.39, 0.29) is 17.1 Å². The van der Waals surface area contributed by atoms with Crippen molar-refractivity contribution in [2.24, 2.45) is 0 Å². The maximum Gasteiger partial charge on any atom is 0.357 e. The van der Waals surface area contributed by atoms with Crippen molar-refractivity contribution >= 4 is 22.5 Å². The minimum atomic E-state index is -0.769. The quantitative estimate of drug-likeness (QED) is 0.420. The number of nitrogens with zero attached hydrogens (tertiary/aromatic N) is 4. The van der Waals surface area contributed by atoms with Crippen LogP contribution in [0.4, 0.5) is 0 Å². The number of phenols is 1. The summed E-state index contributed by atoms with van der Waals surface area (Å²) >= 11 is 6.05. The molecule has 3 aromatic rings. The molecule has 154 valence electrons. The third-order valence-corrected chi connectivity index (χ3v) is 5.37. The van der Waals surface area contributed by atoms with Crippen LogP contribution in [-0.2, 0) is 0 Å². The van der Waals surface area contributed by atoms with Crippen LogP contribution in [-0.4, -0.2) is 19.2 Å². The van der Waals surface area contributed by atoms with E-state index in [2.05, 4.69) is 11.1 Å². The van der Waals surface area contributed by atoms with Crippen molar-refractivity contribution in [3.05, 3.63) is 104 Å². The molecule has 0 radical (unpaired) electrons. The number of aromatic nitrogens is 3. The first-order valence-electron chi connectivity index (χ1n) is 9.54. The molecule has 2 aliphatic rings. The van der Waals surface area contributed by atoms with E-state index in [1.54, 1.807) is 59.2 Å². The zero-order chi connectivity index (χ0) is 22.4. The maximum atomic E-state index is 13.4. The summed E-state index contributed by atoms with van der Waals surface area (Å²) in [5.74, 6) is 0.123. The number of aromatic hydroxyl groups is 1. The van der Waals surface area contributed by atoms with Gasteiger partial charge in [-0.25, -0.2) is 9.36 Å². The SMILES string of the molecule is N#Cc1ccc2cc3c(=O)n(-c4cccc(Cl)c4)c(=O)nc-3n(-c3cccc(O)c3)c2c1. The van der Waals surface area contributed by atoms with Crippen molar-refractivity contribution in [1.29, 1.82) is 5.26 Å². The van der Waals surface area contributed by atoms with Gasteiger partial charge in [0.1, 0.15) is 5.75 Å². The molecule has 0 atom stereocenters. The Labute approximate surface area is 186 Å². The van der Waals surface area contributed by atoms with Crippen LogP contribution in [0.3, 0.4) is 0 Å². The molecule has 8 heteroatoms. The number of benzene rings is 3. The second kappa shape index (κ2) is 7.38. The third kappa shape index (κ3) is 3.11. The minimum Gasteiger partial charge on any atom is -0.508 e. The highest BCUT2D eigenvalue weighted by Gasteiger charge is 2.22. The van der Waals surface area contributed by atoms with Gasteiger partial charge in [-0.2, -0.15) is 10.2 Å². The van der Waals surface area contributed by atoms with Crippen molar-refractivity contribution in [2.45, 2.75) is 0 Å². The summed E-state index contributed by atoms with van der Waals surface area (Å²) in [5.41, 5.74) is 0.643.